The van der Waals surface area contributed by atoms with Gasteiger partial charge in [0.2, 0.25) is 0 Å². The molecule has 16 heavy (non-hydrogen) atoms. The van der Waals surface area contributed by atoms with Crippen LogP contribution in [-0.2, 0) is 16.0 Å². The van der Waals surface area contributed by atoms with Gasteiger partial charge in [-0.25, -0.2) is 0 Å². The summed E-state index contributed by atoms with van der Waals surface area (Å²) in [5.74, 6) is 0.161. The SMILES string of the molecule is CCC[C@H]1C(=O)O[C@@H]1CCc1ccccc1. The fourth-order valence-corrected chi connectivity index (χ4v) is 2.23. The largest absolute Gasteiger partial charge is 0.461 e. The highest BCUT2D eigenvalue weighted by Crippen LogP contribution is 2.30. The highest BCUT2D eigenvalue weighted by Gasteiger charge is 2.40. The highest BCUT2D eigenvalue weighted by atomic mass is 16.6. The fraction of sp³-hybridized carbons (Fsp3) is 0.500. The third-order valence-electron chi connectivity index (χ3n) is 3.18. The van der Waals surface area contributed by atoms with Crippen molar-refractivity contribution in [3.8, 4) is 0 Å². The Balaban J connectivity index is 1.81. The predicted molar refractivity (Wildman–Crippen MR) is 63.0 cm³/mol. The number of carbonyl (C=O) groups excluding carboxylic acids is 1. The molecule has 1 aromatic carbocycles. The minimum Gasteiger partial charge on any atom is -0.461 e. The minimum absolute atomic E-state index is 0.0000818. The Morgan fingerprint density at radius 2 is 1.94 bits per heavy atom. The van der Waals surface area contributed by atoms with Crippen LogP contribution in [0.1, 0.15) is 31.7 Å². The summed E-state index contributed by atoms with van der Waals surface area (Å²) in [6.07, 6.45) is 4.15. The molecule has 0 saturated carbocycles. The minimum atomic E-state index is -0.0000818. The number of aryl methyl sites for hydroxylation is 1. The zero-order valence-corrected chi connectivity index (χ0v) is 9.69. The first kappa shape index (κ1) is 11.2. The van der Waals surface area contributed by atoms with Crippen LogP contribution in [0.15, 0.2) is 30.3 Å². The summed E-state index contributed by atoms with van der Waals surface area (Å²) in [5, 5.41) is 0. The maximum atomic E-state index is 11.2. The summed E-state index contributed by atoms with van der Waals surface area (Å²) in [4.78, 5) is 11.2. The Morgan fingerprint density at radius 1 is 1.19 bits per heavy atom. The molecule has 1 aromatic rings. The summed E-state index contributed by atoms with van der Waals surface area (Å²) in [5.41, 5.74) is 1.32. The smallest absolute Gasteiger partial charge is 0.313 e. The maximum Gasteiger partial charge on any atom is 0.313 e. The molecule has 0 amide bonds. The van der Waals surface area contributed by atoms with Crippen LogP contribution in [0.3, 0.4) is 0 Å². The van der Waals surface area contributed by atoms with E-state index in [0.29, 0.717) is 0 Å². The van der Waals surface area contributed by atoms with Crippen molar-refractivity contribution >= 4 is 5.97 Å². The van der Waals surface area contributed by atoms with E-state index in [4.69, 9.17) is 4.74 Å². The normalized spacial score (nSPS) is 23.7. The molecule has 0 unspecified atom stereocenters. The van der Waals surface area contributed by atoms with E-state index in [-0.39, 0.29) is 18.0 Å². The molecule has 2 atom stereocenters. The number of hydrogen-bond donors (Lipinski definition) is 0. The third-order valence-corrected chi connectivity index (χ3v) is 3.18. The van der Waals surface area contributed by atoms with Crippen molar-refractivity contribution in [2.75, 3.05) is 0 Å². The second-order valence-electron chi connectivity index (χ2n) is 4.39. The van der Waals surface area contributed by atoms with Crippen molar-refractivity contribution in [3.63, 3.8) is 0 Å². The van der Waals surface area contributed by atoms with Gasteiger partial charge in [-0.1, -0.05) is 43.7 Å². The summed E-state index contributed by atoms with van der Waals surface area (Å²) in [7, 11) is 0. The van der Waals surface area contributed by atoms with E-state index >= 15 is 0 Å². The lowest BCUT2D eigenvalue weighted by molar-refractivity contribution is -0.185. The van der Waals surface area contributed by atoms with E-state index < -0.39 is 0 Å². The Morgan fingerprint density at radius 3 is 2.56 bits per heavy atom. The van der Waals surface area contributed by atoms with Gasteiger partial charge < -0.3 is 4.74 Å². The molecule has 0 spiro atoms. The van der Waals surface area contributed by atoms with E-state index in [0.717, 1.165) is 25.7 Å². The quantitative estimate of drug-likeness (QED) is 0.710. The Bertz CT molecular complexity index is 345. The van der Waals surface area contributed by atoms with Crippen molar-refractivity contribution in [2.45, 2.75) is 38.7 Å². The van der Waals surface area contributed by atoms with E-state index in [1.807, 2.05) is 18.2 Å². The Kier molecular flexibility index (Phi) is 3.60. The van der Waals surface area contributed by atoms with Gasteiger partial charge >= 0.3 is 5.97 Å². The van der Waals surface area contributed by atoms with Crippen molar-refractivity contribution in [3.05, 3.63) is 35.9 Å². The van der Waals surface area contributed by atoms with Crippen LogP contribution >= 0.6 is 0 Å². The molecule has 1 heterocycles. The number of rotatable bonds is 5. The van der Waals surface area contributed by atoms with E-state index in [1.54, 1.807) is 0 Å². The van der Waals surface area contributed by atoms with Gasteiger partial charge in [0.05, 0.1) is 5.92 Å². The van der Waals surface area contributed by atoms with Gasteiger partial charge in [-0.05, 0) is 24.8 Å². The summed E-state index contributed by atoms with van der Waals surface area (Å²) in [6.45, 7) is 2.11. The molecule has 2 rings (SSSR count). The van der Waals surface area contributed by atoms with Gasteiger partial charge in [-0.3, -0.25) is 4.79 Å². The molecule has 86 valence electrons. The van der Waals surface area contributed by atoms with Crippen LogP contribution in [0.2, 0.25) is 0 Å². The molecule has 1 aliphatic heterocycles. The number of cyclic esters (lactones) is 1. The highest BCUT2D eigenvalue weighted by molar-refractivity contribution is 5.78. The van der Waals surface area contributed by atoms with Crippen LogP contribution < -0.4 is 0 Å². The van der Waals surface area contributed by atoms with Gasteiger partial charge in [-0.2, -0.15) is 0 Å². The lowest BCUT2D eigenvalue weighted by atomic mass is 9.88. The zero-order chi connectivity index (χ0) is 11.4. The van der Waals surface area contributed by atoms with Crippen LogP contribution in [-0.4, -0.2) is 12.1 Å². The van der Waals surface area contributed by atoms with Crippen molar-refractivity contribution < 1.29 is 9.53 Å². The number of ether oxygens (including phenoxy) is 1. The van der Waals surface area contributed by atoms with E-state index in [1.165, 1.54) is 5.56 Å². The second-order valence-corrected chi connectivity index (χ2v) is 4.39. The molecule has 2 nitrogen and oxygen atoms in total. The van der Waals surface area contributed by atoms with Gasteiger partial charge in [0.1, 0.15) is 6.10 Å². The summed E-state index contributed by atoms with van der Waals surface area (Å²) < 4.78 is 5.19. The number of carbonyl (C=O) groups is 1. The zero-order valence-electron chi connectivity index (χ0n) is 9.69. The molecule has 1 saturated heterocycles. The summed E-state index contributed by atoms with van der Waals surface area (Å²) in [6, 6.07) is 10.4. The molecule has 0 radical (unpaired) electrons. The lowest BCUT2D eigenvalue weighted by Crippen LogP contribution is -2.45. The standard InChI is InChI=1S/C14H18O2/c1-2-6-12-13(16-14(12)15)10-9-11-7-4-3-5-8-11/h3-5,7-8,12-13H,2,6,9-10H2,1H3/t12-,13-/m1/s1. The number of hydrogen-bond acceptors (Lipinski definition) is 2. The molecule has 1 aliphatic rings. The molecule has 1 fully saturated rings. The van der Waals surface area contributed by atoms with Gasteiger partial charge in [0, 0.05) is 0 Å². The predicted octanol–water partition coefficient (Wildman–Crippen LogP) is 2.96. The Labute approximate surface area is 96.6 Å². The molecule has 0 N–H and O–H groups in total. The maximum absolute atomic E-state index is 11.2. The van der Waals surface area contributed by atoms with Gasteiger partial charge in [-0.15, -0.1) is 0 Å². The van der Waals surface area contributed by atoms with Gasteiger partial charge in [0.25, 0.3) is 0 Å². The Hall–Kier alpha value is -1.31. The van der Waals surface area contributed by atoms with Crippen molar-refractivity contribution in [1.29, 1.82) is 0 Å². The average molecular weight is 218 g/mol. The fourth-order valence-electron chi connectivity index (χ4n) is 2.23. The van der Waals surface area contributed by atoms with Crippen LogP contribution in [0.4, 0.5) is 0 Å². The second kappa shape index (κ2) is 5.15. The summed E-state index contributed by atoms with van der Waals surface area (Å²) >= 11 is 0. The topological polar surface area (TPSA) is 26.3 Å². The average Bonchev–Trinajstić information content (AvgIpc) is 2.32. The monoisotopic (exact) mass is 218 g/mol. The first-order chi connectivity index (χ1) is 7.81. The van der Waals surface area contributed by atoms with Crippen molar-refractivity contribution in [1.82, 2.24) is 0 Å². The molecule has 0 aliphatic carbocycles. The number of esters is 1. The van der Waals surface area contributed by atoms with Crippen LogP contribution in [0.5, 0.6) is 0 Å². The molecule has 0 aromatic heterocycles. The van der Waals surface area contributed by atoms with E-state index in [2.05, 4.69) is 19.1 Å². The first-order valence-electron chi connectivity index (χ1n) is 6.05. The molecule has 0 bridgehead atoms. The van der Waals surface area contributed by atoms with Crippen LogP contribution in [0.25, 0.3) is 0 Å². The molecular formula is C14H18O2. The van der Waals surface area contributed by atoms with Crippen LogP contribution in [0, 0.1) is 5.92 Å². The lowest BCUT2D eigenvalue weighted by Gasteiger charge is -2.35. The van der Waals surface area contributed by atoms with E-state index in [9.17, 15) is 4.79 Å². The number of benzene rings is 1. The first-order valence-corrected chi connectivity index (χ1v) is 6.05. The molecular weight excluding hydrogens is 200 g/mol. The third kappa shape index (κ3) is 2.43. The molecule has 2 heteroatoms. The van der Waals surface area contributed by atoms with Gasteiger partial charge in [0.15, 0.2) is 0 Å². The van der Waals surface area contributed by atoms with Crippen molar-refractivity contribution in [2.24, 2.45) is 5.92 Å².